The first-order valence-corrected chi connectivity index (χ1v) is 16.2. The maximum atomic E-state index is 10.4. The van der Waals surface area contributed by atoms with Gasteiger partial charge >= 0.3 is 0 Å². The lowest BCUT2D eigenvalue weighted by Gasteiger charge is -2.28. The number of nitrogens with zero attached hydrogens (tertiary/aromatic N) is 4. The topological polar surface area (TPSA) is 46.0 Å². The van der Waals surface area contributed by atoms with Crippen LogP contribution in [-0.2, 0) is 0 Å². The molecule has 3 atom stereocenters. The normalized spacial score (nSPS) is 21.3. The molecule has 2 aromatic heterocycles. The summed E-state index contributed by atoms with van der Waals surface area (Å²) in [5.41, 5.74) is 8.88. The van der Waals surface area contributed by atoms with Gasteiger partial charge in [0, 0.05) is 34.2 Å². The highest BCUT2D eigenvalue weighted by Gasteiger charge is 2.27. The number of nitriles is 1. The van der Waals surface area contributed by atoms with Gasteiger partial charge in [0.25, 0.3) is 0 Å². The van der Waals surface area contributed by atoms with E-state index < -0.39 is 0 Å². The molecule has 3 heterocycles. The molecule has 4 heteroatoms. The highest BCUT2D eigenvalue weighted by Crippen LogP contribution is 2.40. The van der Waals surface area contributed by atoms with E-state index in [9.17, 15) is 5.26 Å². The summed E-state index contributed by atoms with van der Waals surface area (Å²) in [6.45, 7) is 0. The molecule has 3 aliphatic rings. The second kappa shape index (κ2) is 10.8. The molecule has 0 saturated carbocycles. The van der Waals surface area contributed by atoms with Crippen molar-refractivity contribution in [3.8, 4) is 6.07 Å². The Bertz CT molecular complexity index is 2320. The van der Waals surface area contributed by atoms with Crippen LogP contribution >= 0.6 is 0 Å². The van der Waals surface area contributed by atoms with Crippen molar-refractivity contribution >= 4 is 55.5 Å². The number of allylic oxidation sites excluding steroid dienone is 9. The molecule has 0 amide bonds. The Labute approximate surface area is 267 Å². The fourth-order valence-electron chi connectivity index (χ4n) is 7.86. The number of hydrogen-bond acceptors (Lipinski definition) is 2. The maximum Gasteiger partial charge on any atom is 0.129 e. The average molecular weight is 593 g/mol. The Morgan fingerprint density at radius 3 is 1.76 bits per heavy atom. The van der Waals surface area contributed by atoms with Gasteiger partial charge in [0.05, 0.1) is 33.3 Å². The van der Waals surface area contributed by atoms with Crippen LogP contribution in [0.3, 0.4) is 0 Å². The van der Waals surface area contributed by atoms with Gasteiger partial charge in [-0.15, -0.1) is 0 Å². The van der Waals surface area contributed by atoms with Crippen molar-refractivity contribution < 1.29 is 0 Å². The molecule has 0 saturated heterocycles. The minimum atomic E-state index is 0.0291. The average Bonchev–Trinajstić information content (AvgIpc) is 3.65. The molecule has 0 fully saturated rings. The van der Waals surface area contributed by atoms with Gasteiger partial charge in [-0.25, -0.2) is 0 Å². The third-order valence-electron chi connectivity index (χ3n) is 10.0. The highest BCUT2D eigenvalue weighted by atomic mass is 15.1. The lowest BCUT2D eigenvalue weighted by molar-refractivity contribution is 0.474. The Hall–Kier alpha value is -5.66. The van der Waals surface area contributed by atoms with Gasteiger partial charge in [-0.1, -0.05) is 109 Å². The summed E-state index contributed by atoms with van der Waals surface area (Å²) in [7, 11) is 0. The van der Waals surface area contributed by atoms with Crippen LogP contribution in [0, 0.1) is 23.2 Å². The molecule has 0 N–H and O–H groups in total. The molecule has 0 spiro atoms. The van der Waals surface area contributed by atoms with Crippen LogP contribution in [0.15, 0.2) is 155 Å². The Morgan fingerprint density at radius 1 is 0.609 bits per heavy atom. The molecular formula is C42H32N4. The van der Waals surface area contributed by atoms with Crippen LogP contribution in [0.1, 0.15) is 25.4 Å². The molecule has 6 aromatic rings. The zero-order valence-corrected chi connectivity index (χ0v) is 25.4. The first-order valence-electron chi connectivity index (χ1n) is 16.2. The molecule has 0 bridgehead atoms. The van der Waals surface area contributed by atoms with E-state index in [2.05, 4.69) is 155 Å². The van der Waals surface area contributed by atoms with Gasteiger partial charge in [-0.2, -0.15) is 5.26 Å². The van der Waals surface area contributed by atoms with Gasteiger partial charge in [0.1, 0.15) is 12.2 Å². The number of dihydropyridines is 1. The summed E-state index contributed by atoms with van der Waals surface area (Å²) >= 11 is 0. The van der Waals surface area contributed by atoms with Gasteiger partial charge < -0.3 is 9.13 Å². The van der Waals surface area contributed by atoms with Crippen LogP contribution in [0.25, 0.3) is 49.3 Å². The number of aromatic nitrogens is 2. The van der Waals surface area contributed by atoms with E-state index in [1.165, 1.54) is 43.7 Å². The number of hydrogen-bond donors (Lipinski definition) is 0. The fourth-order valence-corrected chi connectivity index (χ4v) is 7.86. The minimum Gasteiger partial charge on any atom is -0.317 e. The van der Waals surface area contributed by atoms with E-state index in [-0.39, 0.29) is 12.1 Å². The van der Waals surface area contributed by atoms with Gasteiger partial charge in [0.2, 0.25) is 0 Å². The summed E-state index contributed by atoms with van der Waals surface area (Å²) in [5, 5.41) is 15.4. The van der Waals surface area contributed by atoms with Crippen molar-refractivity contribution in [3.63, 3.8) is 0 Å². The quantitative estimate of drug-likeness (QED) is 0.201. The lowest BCUT2D eigenvalue weighted by atomic mass is 9.78. The molecule has 4 aromatic carbocycles. The van der Waals surface area contributed by atoms with E-state index >= 15 is 0 Å². The molecule has 220 valence electrons. The monoisotopic (exact) mass is 592 g/mol. The van der Waals surface area contributed by atoms with Crippen molar-refractivity contribution in [2.45, 2.75) is 25.4 Å². The van der Waals surface area contributed by atoms with Gasteiger partial charge in [-0.05, 0) is 60.1 Å². The number of rotatable bonds is 4. The number of para-hydroxylation sites is 4. The minimum absolute atomic E-state index is 0.0291. The van der Waals surface area contributed by atoms with Gasteiger partial charge in [0.15, 0.2) is 0 Å². The predicted octanol–water partition coefficient (Wildman–Crippen LogP) is 10.3. The van der Waals surface area contributed by atoms with Crippen LogP contribution < -0.4 is 0 Å². The zero-order valence-electron chi connectivity index (χ0n) is 25.4. The van der Waals surface area contributed by atoms with Gasteiger partial charge in [-0.3, -0.25) is 4.99 Å². The summed E-state index contributed by atoms with van der Waals surface area (Å²) < 4.78 is 4.66. The zero-order chi connectivity index (χ0) is 30.6. The smallest absolute Gasteiger partial charge is 0.129 e. The third kappa shape index (κ3) is 4.16. The van der Waals surface area contributed by atoms with E-state index in [0.29, 0.717) is 5.92 Å². The van der Waals surface area contributed by atoms with Crippen molar-refractivity contribution in [3.05, 3.63) is 150 Å². The van der Waals surface area contributed by atoms with Crippen LogP contribution in [-0.4, -0.2) is 15.3 Å². The molecule has 4 nitrogen and oxygen atoms in total. The second-order valence-electron chi connectivity index (χ2n) is 12.5. The lowest BCUT2D eigenvalue weighted by Crippen LogP contribution is -2.17. The first kappa shape index (κ1) is 26.7. The Morgan fingerprint density at radius 2 is 1.17 bits per heavy atom. The van der Waals surface area contributed by atoms with Crippen LogP contribution in [0.5, 0.6) is 0 Å². The molecule has 2 aliphatic carbocycles. The number of aliphatic imine (C=N–C) groups is 1. The van der Waals surface area contributed by atoms with E-state index in [0.717, 1.165) is 41.6 Å². The fraction of sp³-hybridized carbons (Fsp3) is 0.143. The summed E-state index contributed by atoms with van der Waals surface area (Å²) in [6.07, 6.45) is 18.6. The molecular weight excluding hydrogens is 560 g/mol. The molecule has 1 aliphatic heterocycles. The largest absolute Gasteiger partial charge is 0.317 e. The van der Waals surface area contributed by atoms with E-state index in [1.54, 1.807) is 0 Å². The molecule has 0 radical (unpaired) electrons. The number of fused-ring (bicyclic) bond motifs is 6. The number of benzene rings is 4. The Kier molecular flexibility index (Phi) is 6.24. The van der Waals surface area contributed by atoms with Crippen molar-refractivity contribution in [2.24, 2.45) is 16.8 Å². The van der Waals surface area contributed by atoms with Crippen molar-refractivity contribution in [1.82, 2.24) is 9.13 Å². The summed E-state index contributed by atoms with van der Waals surface area (Å²) in [6, 6.07) is 36.8. The SMILES string of the molecule is N#CC1=CC(C2C=C(C3=CCC(n4c5ccccc5c5ccccc54)N=C3)C=CC2)CC=C1n1c2ccccc2c2ccccc21. The van der Waals surface area contributed by atoms with E-state index in [1.807, 2.05) is 0 Å². The maximum absolute atomic E-state index is 10.4. The van der Waals surface area contributed by atoms with E-state index in [4.69, 9.17) is 4.99 Å². The highest BCUT2D eigenvalue weighted by molar-refractivity contribution is 6.11. The van der Waals surface area contributed by atoms with Crippen molar-refractivity contribution in [1.29, 1.82) is 5.26 Å². The summed E-state index contributed by atoms with van der Waals surface area (Å²) in [4.78, 5) is 5.11. The van der Waals surface area contributed by atoms with Crippen LogP contribution in [0.4, 0.5) is 0 Å². The molecule has 9 rings (SSSR count). The van der Waals surface area contributed by atoms with Crippen molar-refractivity contribution in [2.75, 3.05) is 0 Å². The second-order valence-corrected chi connectivity index (χ2v) is 12.5. The molecule has 3 unspecified atom stereocenters. The van der Waals surface area contributed by atoms with Crippen LogP contribution in [0.2, 0.25) is 0 Å². The molecule has 46 heavy (non-hydrogen) atoms. The predicted molar refractivity (Wildman–Crippen MR) is 191 cm³/mol. The first-order chi connectivity index (χ1) is 22.8. The Balaban J connectivity index is 0.998. The standard InChI is InChI=1S/C42H32N4/c43-26-32-25-30(20-22-37(32)45-38-16-5-1-12-33(38)34-13-2-6-17-39(34)45)28-10-9-11-29(24-28)31-21-23-42(44-27-31)46-40-18-7-3-14-35(40)36-15-4-8-19-41(36)46/h1-9,11-19,21-22,24-25,27-28,30,42H,10,20,23H2. The summed E-state index contributed by atoms with van der Waals surface area (Å²) in [5.74, 6) is 0.585. The third-order valence-corrected chi connectivity index (χ3v) is 10.0.